The predicted octanol–water partition coefficient (Wildman–Crippen LogP) is 2.44. The molecule has 2 rings (SSSR count). The number of esters is 1. The number of anilines is 1. The number of sulfonamides is 1. The molecule has 0 aliphatic rings. The van der Waals surface area contributed by atoms with Crippen LogP contribution in [0.2, 0.25) is 0 Å². The van der Waals surface area contributed by atoms with Gasteiger partial charge in [0.25, 0.3) is 5.91 Å². The highest BCUT2D eigenvalue weighted by Crippen LogP contribution is 2.21. The van der Waals surface area contributed by atoms with Crippen molar-refractivity contribution in [1.82, 2.24) is 4.31 Å². The Morgan fingerprint density at radius 3 is 2.41 bits per heavy atom. The third-order valence-electron chi connectivity index (χ3n) is 4.18. The molecule has 9 heteroatoms. The molecule has 0 bridgehead atoms. The van der Waals surface area contributed by atoms with E-state index in [1.165, 1.54) is 52.4 Å². The highest BCUT2D eigenvalue weighted by atomic mass is 32.2. The van der Waals surface area contributed by atoms with Crippen molar-refractivity contribution >= 4 is 27.6 Å². The molecule has 1 N–H and O–H groups in total. The zero-order valence-electron chi connectivity index (χ0n) is 16.9. The molecule has 156 valence electrons. The van der Waals surface area contributed by atoms with E-state index in [2.05, 4.69) is 5.32 Å². The molecule has 0 aliphatic carbocycles. The first-order valence-corrected chi connectivity index (χ1v) is 10.2. The summed E-state index contributed by atoms with van der Waals surface area (Å²) in [5.74, 6) is -0.720. The van der Waals surface area contributed by atoms with Crippen LogP contribution in [0, 0.1) is 6.92 Å². The van der Waals surface area contributed by atoms with Crippen LogP contribution in [0.4, 0.5) is 5.69 Å². The Kier molecular flexibility index (Phi) is 6.99. The molecule has 8 nitrogen and oxygen atoms in total. The molecule has 0 fully saturated rings. The Labute approximate surface area is 170 Å². The molecule has 0 aliphatic heterocycles. The molecule has 2 aromatic rings. The molecule has 0 heterocycles. The summed E-state index contributed by atoms with van der Waals surface area (Å²) in [4.78, 5) is 24.7. The smallest absolute Gasteiger partial charge is 0.339 e. The zero-order chi connectivity index (χ0) is 21.8. The fourth-order valence-corrected chi connectivity index (χ4v) is 3.37. The first kappa shape index (κ1) is 22.4. The maximum absolute atomic E-state index is 12.4. The minimum absolute atomic E-state index is 0.0386. The fraction of sp³-hybridized carbons (Fsp3) is 0.300. The second-order valence-electron chi connectivity index (χ2n) is 6.54. The van der Waals surface area contributed by atoms with Crippen molar-refractivity contribution in [3.05, 3.63) is 53.6 Å². The van der Waals surface area contributed by atoms with Crippen LogP contribution in [0.25, 0.3) is 0 Å². The van der Waals surface area contributed by atoms with Crippen LogP contribution in [-0.4, -0.2) is 51.9 Å². The minimum Gasteiger partial charge on any atom is -0.496 e. The average Bonchev–Trinajstić information content (AvgIpc) is 2.68. The van der Waals surface area contributed by atoms with E-state index in [9.17, 15) is 18.0 Å². The van der Waals surface area contributed by atoms with Crippen molar-refractivity contribution in [3.63, 3.8) is 0 Å². The van der Waals surface area contributed by atoms with Crippen molar-refractivity contribution in [2.45, 2.75) is 24.8 Å². The minimum atomic E-state index is -3.64. The van der Waals surface area contributed by atoms with Gasteiger partial charge in [0.05, 0.1) is 17.6 Å². The number of carbonyl (C=O) groups is 2. The highest BCUT2D eigenvalue weighted by Gasteiger charge is 2.21. The molecule has 0 saturated heterocycles. The van der Waals surface area contributed by atoms with Crippen LogP contribution in [0.5, 0.6) is 5.75 Å². The maximum Gasteiger partial charge on any atom is 0.339 e. The summed E-state index contributed by atoms with van der Waals surface area (Å²) in [6.07, 6.45) is -1.09. The van der Waals surface area contributed by atoms with Crippen molar-refractivity contribution in [2.24, 2.45) is 0 Å². The molecule has 0 radical (unpaired) electrons. The quantitative estimate of drug-likeness (QED) is 0.691. The van der Waals surface area contributed by atoms with Gasteiger partial charge < -0.3 is 14.8 Å². The topological polar surface area (TPSA) is 102 Å². The number of hydrogen-bond donors (Lipinski definition) is 1. The molecular formula is C20H24N2O6S. The Morgan fingerprint density at radius 2 is 1.79 bits per heavy atom. The summed E-state index contributed by atoms with van der Waals surface area (Å²) < 4.78 is 35.9. The van der Waals surface area contributed by atoms with E-state index in [1.807, 2.05) is 6.92 Å². The number of nitrogens with one attached hydrogen (secondary N) is 1. The largest absolute Gasteiger partial charge is 0.496 e. The first-order chi connectivity index (χ1) is 13.6. The lowest BCUT2D eigenvalue weighted by Crippen LogP contribution is -2.30. The van der Waals surface area contributed by atoms with Crippen LogP contribution >= 0.6 is 0 Å². The second-order valence-corrected chi connectivity index (χ2v) is 8.69. The number of benzene rings is 2. The van der Waals surface area contributed by atoms with E-state index in [4.69, 9.17) is 9.47 Å². The van der Waals surface area contributed by atoms with Crippen molar-refractivity contribution in [3.8, 4) is 5.75 Å². The third kappa shape index (κ3) is 5.33. The standard InChI is InChI=1S/C20H24N2O6S/c1-13-9-10-15(11-18(13)27-5)20(24)28-14(2)19(23)21-16-7-6-8-17(12-16)29(25,26)22(3)4/h6-12,14H,1-5H3,(H,21,23)/t14-/m1/s1. The summed E-state index contributed by atoms with van der Waals surface area (Å²) in [5.41, 5.74) is 1.39. The Bertz CT molecular complexity index is 1020. The number of carbonyl (C=O) groups excluding carboxylic acids is 2. The summed E-state index contributed by atoms with van der Waals surface area (Å²) >= 11 is 0. The zero-order valence-corrected chi connectivity index (χ0v) is 17.7. The number of methoxy groups -OCH3 is 1. The van der Waals surface area contributed by atoms with Gasteiger partial charge in [-0.05, 0) is 49.7 Å². The Hall–Kier alpha value is -2.91. The molecule has 1 amide bonds. The van der Waals surface area contributed by atoms with Crippen LogP contribution in [-0.2, 0) is 19.6 Å². The van der Waals surface area contributed by atoms with Crippen molar-refractivity contribution in [2.75, 3.05) is 26.5 Å². The van der Waals surface area contributed by atoms with Crippen LogP contribution in [0.3, 0.4) is 0 Å². The maximum atomic E-state index is 12.4. The molecule has 29 heavy (non-hydrogen) atoms. The SMILES string of the molecule is COc1cc(C(=O)O[C@H](C)C(=O)Nc2cccc(S(=O)(=O)N(C)C)c2)ccc1C. The molecular weight excluding hydrogens is 396 g/mol. The summed E-state index contributed by atoms with van der Waals surface area (Å²) in [6.45, 7) is 3.27. The molecule has 2 aromatic carbocycles. The molecule has 0 unspecified atom stereocenters. The highest BCUT2D eigenvalue weighted by molar-refractivity contribution is 7.89. The van der Waals surface area contributed by atoms with E-state index in [1.54, 1.807) is 18.2 Å². The molecule has 0 spiro atoms. The fourth-order valence-electron chi connectivity index (χ4n) is 2.42. The lowest BCUT2D eigenvalue weighted by Gasteiger charge is -2.15. The van der Waals surface area contributed by atoms with Gasteiger partial charge >= 0.3 is 5.97 Å². The predicted molar refractivity (Wildman–Crippen MR) is 109 cm³/mol. The number of aryl methyl sites for hydroxylation is 1. The van der Waals surface area contributed by atoms with Gasteiger partial charge in [0.2, 0.25) is 10.0 Å². The molecule has 1 atom stereocenters. The van der Waals surface area contributed by atoms with E-state index in [0.717, 1.165) is 9.87 Å². The Balaban J connectivity index is 2.09. The van der Waals surface area contributed by atoms with Crippen molar-refractivity contribution < 1.29 is 27.5 Å². The molecule has 0 saturated carbocycles. The summed E-state index contributed by atoms with van der Waals surface area (Å²) in [5, 5.41) is 2.56. The van der Waals surface area contributed by atoms with Gasteiger partial charge in [-0.2, -0.15) is 0 Å². The number of nitrogens with zero attached hydrogens (tertiary/aromatic N) is 1. The van der Waals surface area contributed by atoms with Gasteiger partial charge in [0.1, 0.15) is 5.75 Å². The van der Waals surface area contributed by atoms with Crippen LogP contribution < -0.4 is 10.1 Å². The van der Waals surface area contributed by atoms with Gasteiger partial charge in [-0.1, -0.05) is 12.1 Å². The number of hydrogen-bond acceptors (Lipinski definition) is 6. The van der Waals surface area contributed by atoms with Crippen molar-refractivity contribution in [1.29, 1.82) is 0 Å². The average molecular weight is 420 g/mol. The Morgan fingerprint density at radius 1 is 1.10 bits per heavy atom. The van der Waals surface area contributed by atoms with E-state index < -0.39 is 28.0 Å². The molecule has 0 aromatic heterocycles. The lowest BCUT2D eigenvalue weighted by atomic mass is 10.1. The van der Waals surface area contributed by atoms with E-state index in [0.29, 0.717) is 5.75 Å². The third-order valence-corrected chi connectivity index (χ3v) is 5.99. The lowest BCUT2D eigenvalue weighted by molar-refractivity contribution is -0.123. The summed E-state index contributed by atoms with van der Waals surface area (Å²) in [6, 6.07) is 10.7. The number of amides is 1. The van der Waals surface area contributed by atoms with E-state index >= 15 is 0 Å². The van der Waals surface area contributed by atoms with Gasteiger partial charge in [-0.3, -0.25) is 4.79 Å². The van der Waals surface area contributed by atoms with E-state index in [-0.39, 0.29) is 16.1 Å². The summed E-state index contributed by atoms with van der Waals surface area (Å²) in [7, 11) is 0.700. The number of ether oxygens (including phenoxy) is 2. The first-order valence-electron chi connectivity index (χ1n) is 8.75. The normalized spacial score (nSPS) is 12.3. The van der Waals surface area contributed by atoms with Crippen LogP contribution in [0.1, 0.15) is 22.8 Å². The van der Waals surface area contributed by atoms with Gasteiger partial charge in [-0.15, -0.1) is 0 Å². The second kappa shape index (κ2) is 9.06. The van der Waals surface area contributed by atoms with Crippen LogP contribution in [0.15, 0.2) is 47.4 Å². The monoisotopic (exact) mass is 420 g/mol. The number of rotatable bonds is 7. The van der Waals surface area contributed by atoms with Gasteiger partial charge in [0.15, 0.2) is 6.10 Å². The van der Waals surface area contributed by atoms with Gasteiger partial charge in [0, 0.05) is 19.8 Å². The van der Waals surface area contributed by atoms with Gasteiger partial charge in [-0.25, -0.2) is 17.5 Å².